The first-order chi connectivity index (χ1) is 34.4. The number of benzene rings is 2. The van der Waals surface area contributed by atoms with Gasteiger partial charge in [0.05, 0.1) is 42.9 Å². The third-order valence-electron chi connectivity index (χ3n) is 13.7. The summed E-state index contributed by atoms with van der Waals surface area (Å²) in [6.45, 7) is 8.74. The summed E-state index contributed by atoms with van der Waals surface area (Å²) < 4.78 is 8.80. The molecule has 8 heterocycles. The van der Waals surface area contributed by atoms with E-state index in [0.717, 1.165) is 59.9 Å². The maximum absolute atomic E-state index is 14.5. The van der Waals surface area contributed by atoms with Crippen LogP contribution in [-0.4, -0.2) is 102 Å². The van der Waals surface area contributed by atoms with E-state index < -0.39 is 22.5 Å². The number of rotatable bonds is 12. The van der Waals surface area contributed by atoms with Crippen LogP contribution in [0.2, 0.25) is 0 Å². The predicted octanol–water partition coefficient (Wildman–Crippen LogP) is 2.17. The number of nitrogens with one attached hydrogen (secondary N) is 1. The van der Waals surface area contributed by atoms with Crippen LogP contribution in [-0.2, 0) is 46.7 Å². The van der Waals surface area contributed by atoms with Crippen LogP contribution in [0.1, 0.15) is 62.6 Å². The quantitative estimate of drug-likeness (QED) is 0.168. The van der Waals surface area contributed by atoms with Crippen molar-refractivity contribution in [3.8, 4) is 23.7 Å². The molecule has 2 aliphatic rings. The fourth-order valence-electron chi connectivity index (χ4n) is 10.1. The topological polar surface area (TPSA) is 220 Å². The standard InChI is InChI=1S/C51H56N16O4/c1-6-8-26-64-42-44(58-48(64)62-24-14-16-33(52)28-62)60(4)51(71)67(47(42)69)31-41-56-38-21-13-11-19-36(38)39(57-41)22-23-53-34-17-15-25-63(29-34)49-59-45-43(65(49)27-9-7-2)46(68)66(50(70)61(45)5)30-40-54-32(3)35-18-10-12-20-37(35)55-40/h10-13,18-21,33-34,53H,14-17,22-31,52H2,1-5H3/t33-,34-/m1/s1. The Kier molecular flexibility index (Phi) is 12.8. The molecular weight excluding hydrogens is 901 g/mol. The van der Waals surface area contributed by atoms with Gasteiger partial charge in [0.15, 0.2) is 22.3 Å². The molecule has 20 nitrogen and oxygen atoms in total. The third kappa shape index (κ3) is 8.74. The number of imidazole rings is 2. The number of hydrogen-bond acceptors (Lipinski definition) is 14. The summed E-state index contributed by atoms with van der Waals surface area (Å²) in [5.41, 5.74) is 8.47. The van der Waals surface area contributed by atoms with Crippen molar-refractivity contribution in [2.24, 2.45) is 19.8 Å². The van der Waals surface area contributed by atoms with Crippen LogP contribution in [0.15, 0.2) is 67.7 Å². The van der Waals surface area contributed by atoms with E-state index in [0.29, 0.717) is 61.7 Å². The first kappa shape index (κ1) is 46.8. The van der Waals surface area contributed by atoms with Gasteiger partial charge in [-0.25, -0.2) is 29.5 Å². The fourth-order valence-corrected chi connectivity index (χ4v) is 10.1. The molecule has 8 aromatic rings. The number of hydrogen-bond donors (Lipinski definition) is 2. The van der Waals surface area contributed by atoms with Crippen molar-refractivity contribution >= 4 is 56.0 Å². The number of nitrogens with zero attached hydrogens (tertiary/aromatic N) is 14. The van der Waals surface area contributed by atoms with Gasteiger partial charge < -0.3 is 20.9 Å². The van der Waals surface area contributed by atoms with Gasteiger partial charge in [-0.2, -0.15) is 9.97 Å². The van der Waals surface area contributed by atoms with E-state index in [2.05, 4.69) is 48.8 Å². The summed E-state index contributed by atoms with van der Waals surface area (Å²) in [6.07, 6.45) is 4.09. The first-order valence-electron chi connectivity index (χ1n) is 24.1. The van der Waals surface area contributed by atoms with E-state index >= 15 is 0 Å². The molecule has 20 heteroatoms. The minimum Gasteiger partial charge on any atom is -0.341 e. The molecule has 10 rings (SSSR count). The van der Waals surface area contributed by atoms with Crippen molar-refractivity contribution in [3.05, 3.63) is 113 Å². The van der Waals surface area contributed by atoms with Crippen molar-refractivity contribution in [1.29, 1.82) is 0 Å². The Morgan fingerprint density at radius 1 is 0.648 bits per heavy atom. The van der Waals surface area contributed by atoms with Crippen molar-refractivity contribution < 1.29 is 0 Å². The Morgan fingerprint density at radius 2 is 1.17 bits per heavy atom. The van der Waals surface area contributed by atoms with Gasteiger partial charge in [-0.1, -0.05) is 48.2 Å². The lowest BCUT2D eigenvalue weighted by molar-refractivity contribution is 0.419. The molecule has 2 aromatic carbocycles. The van der Waals surface area contributed by atoms with Crippen molar-refractivity contribution in [3.63, 3.8) is 0 Å². The van der Waals surface area contributed by atoms with Gasteiger partial charge in [-0.05, 0) is 58.6 Å². The summed E-state index contributed by atoms with van der Waals surface area (Å²) in [6, 6.07) is 15.4. The van der Waals surface area contributed by atoms with E-state index in [9.17, 15) is 19.2 Å². The summed E-state index contributed by atoms with van der Waals surface area (Å²) >= 11 is 0. The molecule has 2 saturated heterocycles. The van der Waals surface area contributed by atoms with Crippen LogP contribution < -0.4 is 43.3 Å². The number of anilines is 2. The Balaban J connectivity index is 0.908. The molecule has 0 spiro atoms. The normalized spacial score (nSPS) is 16.2. The molecule has 0 unspecified atom stereocenters. The second-order valence-corrected chi connectivity index (χ2v) is 18.3. The van der Waals surface area contributed by atoms with E-state index in [-0.39, 0.29) is 60.6 Å². The van der Waals surface area contributed by atoms with E-state index in [1.54, 1.807) is 32.5 Å². The van der Waals surface area contributed by atoms with Crippen LogP contribution >= 0.6 is 0 Å². The molecule has 0 radical (unpaired) electrons. The molecule has 2 atom stereocenters. The lowest BCUT2D eigenvalue weighted by atomic mass is 10.1. The Labute approximate surface area is 407 Å². The number of piperidine rings is 2. The molecule has 0 aliphatic carbocycles. The second-order valence-electron chi connectivity index (χ2n) is 18.3. The van der Waals surface area contributed by atoms with Gasteiger partial charge in [-0.3, -0.25) is 37.0 Å². The van der Waals surface area contributed by atoms with Crippen LogP contribution in [0.4, 0.5) is 11.9 Å². The zero-order chi connectivity index (χ0) is 49.5. The zero-order valence-corrected chi connectivity index (χ0v) is 40.6. The van der Waals surface area contributed by atoms with E-state index in [1.165, 1.54) is 18.3 Å². The Bertz CT molecular complexity index is 3780. The van der Waals surface area contributed by atoms with Crippen LogP contribution in [0.25, 0.3) is 44.1 Å². The molecule has 3 N–H and O–H groups in total. The summed E-state index contributed by atoms with van der Waals surface area (Å²) in [7, 11) is 3.25. The van der Waals surface area contributed by atoms with E-state index in [1.807, 2.05) is 60.0 Å². The lowest BCUT2D eigenvalue weighted by Gasteiger charge is -2.34. The maximum atomic E-state index is 14.5. The number of nitrogens with two attached hydrogens (primary N) is 1. The minimum atomic E-state index is -0.522. The van der Waals surface area contributed by atoms with Gasteiger partial charge in [0, 0.05) is 81.8 Å². The predicted molar refractivity (Wildman–Crippen MR) is 274 cm³/mol. The molecule has 2 aliphatic heterocycles. The summed E-state index contributed by atoms with van der Waals surface area (Å²) in [4.78, 5) is 89.9. The number of fused-ring (bicyclic) bond motifs is 4. The molecule has 2 fully saturated rings. The largest absolute Gasteiger partial charge is 0.341 e. The number of aromatic nitrogens is 12. The van der Waals surface area contributed by atoms with Gasteiger partial charge in [0.2, 0.25) is 11.9 Å². The summed E-state index contributed by atoms with van der Waals surface area (Å²) in [5.74, 6) is 13.9. The smallest absolute Gasteiger partial charge is 0.332 e. The highest BCUT2D eigenvalue weighted by molar-refractivity contribution is 5.82. The molecule has 71 heavy (non-hydrogen) atoms. The van der Waals surface area contributed by atoms with Gasteiger partial charge in [0.25, 0.3) is 11.1 Å². The molecule has 0 amide bonds. The van der Waals surface area contributed by atoms with Crippen LogP contribution in [0.5, 0.6) is 0 Å². The minimum absolute atomic E-state index is 0.0280. The maximum Gasteiger partial charge on any atom is 0.332 e. The van der Waals surface area contributed by atoms with E-state index in [4.69, 9.17) is 25.7 Å². The third-order valence-corrected chi connectivity index (χ3v) is 13.7. The van der Waals surface area contributed by atoms with Crippen LogP contribution in [0.3, 0.4) is 0 Å². The monoisotopic (exact) mass is 956 g/mol. The number of para-hydroxylation sites is 2. The molecule has 0 saturated carbocycles. The Morgan fingerprint density at radius 3 is 1.75 bits per heavy atom. The van der Waals surface area contributed by atoms with Crippen molar-refractivity contribution in [1.82, 2.24) is 62.6 Å². The second kappa shape index (κ2) is 19.5. The fraction of sp³-hybridized carbons (Fsp3) is 0.412. The highest BCUT2D eigenvalue weighted by atomic mass is 16.2. The molecule has 0 bridgehead atoms. The molecule has 6 aromatic heterocycles. The van der Waals surface area contributed by atoms with Crippen molar-refractivity contribution in [2.45, 2.75) is 91.1 Å². The van der Waals surface area contributed by atoms with Gasteiger partial charge in [-0.15, -0.1) is 11.8 Å². The van der Waals surface area contributed by atoms with Crippen LogP contribution in [0, 0.1) is 30.6 Å². The Hall–Kier alpha value is -7.94. The zero-order valence-electron chi connectivity index (χ0n) is 40.6. The average Bonchev–Trinajstić information content (AvgIpc) is 3.96. The SMILES string of the molecule is CC#CCn1c(N2CCC[C@@H](NCCc3nc(Cn4c(=O)c5c(nc(N6CCC[C@@H](N)C6)n5CC#CC)n(C)c4=O)nc4ccccc34)C2)nc2c1c(=O)n(Cc1nc(C)c3ccccc3n1)c(=O)n2C. The van der Waals surface area contributed by atoms with Crippen molar-refractivity contribution in [2.75, 3.05) is 42.5 Å². The summed E-state index contributed by atoms with van der Waals surface area (Å²) in [5, 5.41) is 5.53. The average molecular weight is 957 g/mol. The molecular formula is C51H56N16O4. The van der Waals surface area contributed by atoms with Gasteiger partial charge >= 0.3 is 11.4 Å². The molecule has 364 valence electrons. The highest BCUT2D eigenvalue weighted by Crippen LogP contribution is 2.26. The highest BCUT2D eigenvalue weighted by Gasteiger charge is 2.29. The van der Waals surface area contributed by atoms with Gasteiger partial charge in [0.1, 0.15) is 11.6 Å². The first-order valence-corrected chi connectivity index (χ1v) is 24.1. The lowest BCUT2D eigenvalue weighted by Crippen LogP contribution is -2.47. The number of aryl methyl sites for hydroxylation is 3.